The van der Waals surface area contributed by atoms with Gasteiger partial charge >= 0.3 is 5.97 Å². The molecule has 0 aliphatic carbocycles. The zero-order valence-corrected chi connectivity index (χ0v) is 9.25. The molecule has 0 radical (unpaired) electrons. The highest BCUT2D eigenvalue weighted by atomic mass is 16.6. The molecule has 92 valence electrons. The van der Waals surface area contributed by atoms with Gasteiger partial charge in [-0.1, -0.05) is 0 Å². The highest BCUT2D eigenvalue weighted by Gasteiger charge is 2.18. The Bertz CT molecular complexity index is 444. The fourth-order valence-corrected chi connectivity index (χ4v) is 1.11. The van der Waals surface area contributed by atoms with Crippen LogP contribution in [0.25, 0.3) is 0 Å². The summed E-state index contributed by atoms with van der Waals surface area (Å²) in [5.41, 5.74) is -0.196. The van der Waals surface area contributed by atoms with Gasteiger partial charge < -0.3 is 14.6 Å². The number of rotatable bonds is 5. The molecule has 7 nitrogen and oxygen atoms in total. The zero-order valence-electron chi connectivity index (χ0n) is 9.25. The van der Waals surface area contributed by atoms with Crippen molar-refractivity contribution < 1.29 is 24.3 Å². The number of carbonyl (C=O) groups is 1. The Balaban J connectivity index is 3.06. The first-order chi connectivity index (χ1) is 7.95. The Hall–Kier alpha value is -2.31. The Labute approximate surface area is 96.7 Å². The number of nitro groups is 1. The van der Waals surface area contributed by atoms with Gasteiger partial charge in [0.1, 0.15) is 0 Å². The minimum absolute atomic E-state index is 0.0246. The van der Waals surface area contributed by atoms with Gasteiger partial charge in [-0.3, -0.25) is 10.1 Å². The van der Waals surface area contributed by atoms with Gasteiger partial charge in [0, 0.05) is 6.07 Å². The number of carboxylic acids is 1. The number of ether oxygens (including phenoxy) is 2. The number of nitrogens with zero attached hydrogens (tertiary/aromatic N) is 1. The van der Waals surface area contributed by atoms with Crippen LogP contribution in [0, 0.1) is 10.1 Å². The summed E-state index contributed by atoms with van der Waals surface area (Å²) in [6, 6.07) is 3.72. The van der Waals surface area contributed by atoms with E-state index in [1.165, 1.54) is 26.2 Å². The molecule has 0 bridgehead atoms. The van der Waals surface area contributed by atoms with Crippen LogP contribution in [0.5, 0.6) is 11.5 Å². The van der Waals surface area contributed by atoms with E-state index >= 15 is 0 Å². The molecule has 0 saturated heterocycles. The van der Waals surface area contributed by atoms with Gasteiger partial charge in [-0.05, 0) is 13.0 Å². The van der Waals surface area contributed by atoms with Crippen molar-refractivity contribution >= 4 is 11.7 Å². The van der Waals surface area contributed by atoms with Crippen molar-refractivity contribution in [3.8, 4) is 11.5 Å². The fraction of sp³-hybridized carbons (Fsp3) is 0.300. The standard InChI is InChI=1S/C10H11NO6/c1-6(10(12)13)17-9-5-7(11(14)15)3-4-8(9)16-2/h3-6H,1-2H3,(H,12,13)/t6-/m1/s1. The van der Waals surface area contributed by atoms with E-state index in [0.717, 1.165) is 6.07 Å². The molecule has 0 heterocycles. The van der Waals surface area contributed by atoms with Crippen LogP contribution < -0.4 is 9.47 Å². The van der Waals surface area contributed by atoms with Crippen molar-refractivity contribution in [3.63, 3.8) is 0 Å². The normalized spacial score (nSPS) is 11.6. The predicted octanol–water partition coefficient (Wildman–Crippen LogP) is 1.46. The molecule has 7 heteroatoms. The number of benzene rings is 1. The lowest BCUT2D eigenvalue weighted by Gasteiger charge is -2.13. The highest BCUT2D eigenvalue weighted by Crippen LogP contribution is 2.31. The van der Waals surface area contributed by atoms with Crippen molar-refractivity contribution in [1.29, 1.82) is 0 Å². The van der Waals surface area contributed by atoms with Crippen LogP contribution in [0.1, 0.15) is 6.92 Å². The van der Waals surface area contributed by atoms with Gasteiger partial charge in [0.15, 0.2) is 17.6 Å². The van der Waals surface area contributed by atoms with Gasteiger partial charge in [0.05, 0.1) is 18.1 Å². The van der Waals surface area contributed by atoms with Crippen LogP contribution in [0.15, 0.2) is 18.2 Å². The van der Waals surface area contributed by atoms with Gasteiger partial charge in [0.25, 0.3) is 5.69 Å². The SMILES string of the molecule is COc1ccc([N+](=O)[O-])cc1O[C@H](C)C(=O)O. The van der Waals surface area contributed by atoms with E-state index in [1.54, 1.807) is 0 Å². The minimum Gasteiger partial charge on any atom is -0.493 e. The van der Waals surface area contributed by atoms with Gasteiger partial charge in [-0.25, -0.2) is 4.79 Å². The van der Waals surface area contributed by atoms with Crippen LogP contribution in [-0.2, 0) is 4.79 Å². The summed E-state index contributed by atoms with van der Waals surface area (Å²) < 4.78 is 9.98. The molecule has 0 aliphatic rings. The Kier molecular flexibility index (Phi) is 3.86. The number of aliphatic carboxylic acids is 1. The maximum Gasteiger partial charge on any atom is 0.344 e. The summed E-state index contributed by atoms with van der Waals surface area (Å²) in [6.45, 7) is 1.32. The topological polar surface area (TPSA) is 98.9 Å². The van der Waals surface area contributed by atoms with Gasteiger partial charge in [-0.15, -0.1) is 0 Å². The highest BCUT2D eigenvalue weighted by molar-refractivity contribution is 5.72. The average molecular weight is 241 g/mol. The number of carboxylic acid groups (broad SMARTS) is 1. The minimum atomic E-state index is -1.17. The molecule has 1 atom stereocenters. The number of nitro benzene ring substituents is 1. The molecule has 0 aromatic heterocycles. The largest absolute Gasteiger partial charge is 0.493 e. The summed E-state index contributed by atoms with van der Waals surface area (Å²) in [4.78, 5) is 20.6. The summed E-state index contributed by atoms with van der Waals surface area (Å²) in [6.07, 6.45) is -1.12. The molecule has 1 N–H and O–H groups in total. The molecular weight excluding hydrogens is 230 g/mol. The lowest BCUT2D eigenvalue weighted by atomic mass is 10.2. The smallest absolute Gasteiger partial charge is 0.344 e. The second-order valence-corrected chi connectivity index (χ2v) is 3.19. The van der Waals surface area contributed by atoms with E-state index in [4.69, 9.17) is 14.6 Å². The van der Waals surface area contributed by atoms with Crippen LogP contribution in [0.2, 0.25) is 0 Å². The van der Waals surface area contributed by atoms with Gasteiger partial charge in [-0.2, -0.15) is 0 Å². The lowest BCUT2D eigenvalue weighted by Crippen LogP contribution is -2.23. The molecule has 17 heavy (non-hydrogen) atoms. The second kappa shape index (κ2) is 5.15. The third kappa shape index (κ3) is 3.07. The molecule has 0 unspecified atom stereocenters. The van der Waals surface area contributed by atoms with E-state index in [0.29, 0.717) is 0 Å². The molecule has 1 aromatic carbocycles. The third-order valence-corrected chi connectivity index (χ3v) is 2.01. The summed E-state index contributed by atoms with van der Waals surface area (Å²) in [5.74, 6) is -0.904. The van der Waals surface area contributed by atoms with Crippen molar-refractivity contribution in [3.05, 3.63) is 28.3 Å². The predicted molar refractivity (Wildman–Crippen MR) is 57.4 cm³/mol. The van der Waals surface area contributed by atoms with Crippen molar-refractivity contribution in [2.24, 2.45) is 0 Å². The Morgan fingerprint density at radius 1 is 1.47 bits per heavy atom. The van der Waals surface area contributed by atoms with Crippen molar-refractivity contribution in [2.75, 3.05) is 7.11 Å². The average Bonchev–Trinajstić information content (AvgIpc) is 2.28. The zero-order chi connectivity index (χ0) is 13.0. The van der Waals surface area contributed by atoms with Crippen LogP contribution >= 0.6 is 0 Å². The lowest BCUT2D eigenvalue weighted by molar-refractivity contribution is -0.385. The first kappa shape index (κ1) is 12.8. The summed E-state index contributed by atoms with van der Waals surface area (Å²) in [5, 5.41) is 19.3. The summed E-state index contributed by atoms with van der Waals surface area (Å²) >= 11 is 0. The monoisotopic (exact) mass is 241 g/mol. The van der Waals surface area contributed by atoms with Crippen LogP contribution in [-0.4, -0.2) is 29.2 Å². The van der Waals surface area contributed by atoms with E-state index in [1.807, 2.05) is 0 Å². The number of hydrogen-bond acceptors (Lipinski definition) is 5. The molecular formula is C10H11NO6. The van der Waals surface area contributed by atoms with E-state index < -0.39 is 17.0 Å². The molecule has 0 saturated carbocycles. The maximum atomic E-state index is 10.6. The maximum absolute atomic E-state index is 10.6. The third-order valence-electron chi connectivity index (χ3n) is 2.01. The van der Waals surface area contributed by atoms with Crippen LogP contribution in [0.3, 0.4) is 0 Å². The van der Waals surface area contributed by atoms with E-state index in [-0.39, 0.29) is 17.2 Å². The quantitative estimate of drug-likeness (QED) is 0.618. The molecule has 0 amide bonds. The number of non-ortho nitro benzene ring substituents is 1. The molecule has 0 spiro atoms. The molecule has 1 aromatic rings. The van der Waals surface area contributed by atoms with Crippen molar-refractivity contribution in [2.45, 2.75) is 13.0 Å². The second-order valence-electron chi connectivity index (χ2n) is 3.19. The number of hydrogen-bond donors (Lipinski definition) is 1. The van der Waals surface area contributed by atoms with Gasteiger partial charge in [0.2, 0.25) is 0 Å². The summed E-state index contributed by atoms with van der Waals surface area (Å²) in [7, 11) is 1.36. The fourth-order valence-electron chi connectivity index (χ4n) is 1.11. The molecule has 0 fully saturated rings. The Morgan fingerprint density at radius 2 is 2.12 bits per heavy atom. The van der Waals surface area contributed by atoms with E-state index in [9.17, 15) is 14.9 Å². The number of methoxy groups -OCH3 is 1. The first-order valence-electron chi connectivity index (χ1n) is 4.67. The van der Waals surface area contributed by atoms with Crippen molar-refractivity contribution in [1.82, 2.24) is 0 Å². The van der Waals surface area contributed by atoms with E-state index in [2.05, 4.69) is 0 Å². The molecule has 0 aliphatic heterocycles. The first-order valence-corrected chi connectivity index (χ1v) is 4.67. The van der Waals surface area contributed by atoms with Crippen LogP contribution in [0.4, 0.5) is 5.69 Å². The Morgan fingerprint density at radius 3 is 2.59 bits per heavy atom. The molecule has 1 rings (SSSR count).